The van der Waals surface area contributed by atoms with Crippen molar-refractivity contribution in [2.24, 2.45) is 0 Å². The van der Waals surface area contributed by atoms with E-state index in [9.17, 15) is 0 Å². The van der Waals surface area contributed by atoms with E-state index < -0.39 is 0 Å². The van der Waals surface area contributed by atoms with Gasteiger partial charge in [-0.2, -0.15) is 0 Å². The summed E-state index contributed by atoms with van der Waals surface area (Å²) < 4.78 is 16.3. The van der Waals surface area contributed by atoms with Gasteiger partial charge in [-0.15, -0.1) is 0 Å². The normalized spacial score (nSPS) is 9.95. The van der Waals surface area contributed by atoms with Gasteiger partial charge in [0.15, 0.2) is 11.5 Å². The molecule has 0 atom stereocenters. The summed E-state index contributed by atoms with van der Waals surface area (Å²) in [6, 6.07) is 9.46. The molecule has 0 aliphatic heterocycles. The van der Waals surface area contributed by atoms with Crippen LogP contribution >= 0.6 is 0 Å². The molecule has 0 bridgehead atoms. The third-order valence-electron chi connectivity index (χ3n) is 2.88. The van der Waals surface area contributed by atoms with Crippen LogP contribution in [0.25, 0.3) is 0 Å². The molecule has 0 aliphatic carbocycles. The average molecular weight is 274 g/mol. The van der Waals surface area contributed by atoms with Gasteiger partial charge in [0.05, 0.1) is 14.2 Å². The number of hydrogen-bond donors (Lipinski definition) is 1. The average Bonchev–Trinajstić information content (AvgIpc) is 2.52. The first kappa shape index (κ1) is 14.0. The van der Waals surface area contributed by atoms with Gasteiger partial charge < -0.3 is 19.5 Å². The highest BCUT2D eigenvalue weighted by Crippen LogP contribution is 2.29. The summed E-state index contributed by atoms with van der Waals surface area (Å²) >= 11 is 0. The predicted molar refractivity (Wildman–Crippen MR) is 77.7 cm³/mol. The fourth-order valence-corrected chi connectivity index (χ4v) is 1.82. The molecule has 0 radical (unpaired) electrons. The lowest BCUT2D eigenvalue weighted by atomic mass is 10.3. The highest BCUT2D eigenvalue weighted by Gasteiger charge is 2.11. The number of methoxy groups -OCH3 is 2. The summed E-state index contributed by atoms with van der Waals surface area (Å²) in [4.78, 5) is 4.26. The third-order valence-corrected chi connectivity index (χ3v) is 2.88. The van der Waals surface area contributed by atoms with E-state index in [0.29, 0.717) is 23.8 Å². The van der Waals surface area contributed by atoms with Gasteiger partial charge in [-0.1, -0.05) is 0 Å². The van der Waals surface area contributed by atoms with Crippen LogP contribution in [0.5, 0.6) is 17.2 Å². The van der Waals surface area contributed by atoms with Crippen molar-refractivity contribution in [3.63, 3.8) is 0 Å². The van der Waals surface area contributed by atoms with Crippen LogP contribution in [0.2, 0.25) is 0 Å². The van der Waals surface area contributed by atoms with Crippen molar-refractivity contribution in [2.75, 3.05) is 26.6 Å². The van der Waals surface area contributed by atoms with E-state index in [1.807, 2.05) is 31.3 Å². The largest absolute Gasteiger partial charge is 0.493 e. The molecule has 20 heavy (non-hydrogen) atoms. The molecular weight excluding hydrogens is 256 g/mol. The summed E-state index contributed by atoms with van der Waals surface area (Å²) in [5, 5.41) is 3.06. The van der Waals surface area contributed by atoms with Crippen molar-refractivity contribution in [3.05, 3.63) is 42.2 Å². The summed E-state index contributed by atoms with van der Waals surface area (Å²) in [5.74, 6) is 2.02. The molecule has 2 rings (SSSR count). The minimum absolute atomic E-state index is 0.319. The number of pyridine rings is 1. The third kappa shape index (κ3) is 3.12. The van der Waals surface area contributed by atoms with Crippen LogP contribution in [0.3, 0.4) is 0 Å². The summed E-state index contributed by atoms with van der Waals surface area (Å²) in [6.07, 6.45) is 1.67. The van der Waals surface area contributed by atoms with Gasteiger partial charge >= 0.3 is 0 Å². The van der Waals surface area contributed by atoms with Crippen LogP contribution in [0.4, 0.5) is 5.69 Å². The van der Waals surface area contributed by atoms with E-state index in [-0.39, 0.29) is 0 Å². The molecule has 0 amide bonds. The van der Waals surface area contributed by atoms with E-state index in [1.54, 1.807) is 26.5 Å². The fourth-order valence-electron chi connectivity index (χ4n) is 1.82. The topological polar surface area (TPSA) is 52.6 Å². The molecule has 0 spiro atoms. The first-order valence-corrected chi connectivity index (χ1v) is 6.25. The van der Waals surface area contributed by atoms with Crippen molar-refractivity contribution >= 4 is 5.69 Å². The van der Waals surface area contributed by atoms with Gasteiger partial charge in [-0.3, -0.25) is 4.98 Å². The Morgan fingerprint density at radius 3 is 2.40 bits per heavy atom. The lowest BCUT2D eigenvalue weighted by Crippen LogP contribution is -2.03. The minimum atomic E-state index is 0.319. The molecule has 106 valence electrons. The summed E-state index contributed by atoms with van der Waals surface area (Å²) in [5.41, 5.74) is 1.74. The second-order valence-electron chi connectivity index (χ2n) is 4.06. The lowest BCUT2D eigenvalue weighted by Gasteiger charge is -2.12. The van der Waals surface area contributed by atoms with Crippen LogP contribution < -0.4 is 19.5 Å². The molecule has 0 unspecified atom stereocenters. The fraction of sp³-hybridized carbons (Fsp3) is 0.267. The van der Waals surface area contributed by atoms with Gasteiger partial charge in [0.25, 0.3) is 0 Å². The number of aromatic nitrogens is 1. The number of ether oxygens (including phenoxy) is 3. The van der Waals surface area contributed by atoms with E-state index >= 15 is 0 Å². The number of hydrogen-bond acceptors (Lipinski definition) is 5. The van der Waals surface area contributed by atoms with Gasteiger partial charge in [-0.25, -0.2) is 0 Å². The predicted octanol–water partition coefficient (Wildman–Crippen LogP) is 2.72. The second-order valence-corrected chi connectivity index (χ2v) is 4.06. The molecule has 0 fully saturated rings. The molecule has 0 saturated heterocycles. The maximum Gasteiger partial charge on any atom is 0.185 e. The monoisotopic (exact) mass is 274 g/mol. The number of rotatable bonds is 6. The lowest BCUT2D eigenvalue weighted by molar-refractivity contribution is 0.285. The first-order valence-electron chi connectivity index (χ1n) is 6.25. The van der Waals surface area contributed by atoms with Gasteiger partial charge in [0, 0.05) is 25.0 Å². The first-order chi connectivity index (χ1) is 9.78. The molecule has 0 saturated carbocycles. The van der Waals surface area contributed by atoms with Crippen LogP contribution in [0.15, 0.2) is 36.5 Å². The van der Waals surface area contributed by atoms with Gasteiger partial charge in [0.1, 0.15) is 18.1 Å². The van der Waals surface area contributed by atoms with E-state index in [2.05, 4.69) is 10.3 Å². The maximum atomic E-state index is 5.71. The zero-order chi connectivity index (χ0) is 14.4. The minimum Gasteiger partial charge on any atom is -0.493 e. The highest BCUT2D eigenvalue weighted by atomic mass is 16.5. The second kappa shape index (κ2) is 6.65. The summed E-state index contributed by atoms with van der Waals surface area (Å²) in [7, 11) is 5.06. The van der Waals surface area contributed by atoms with Gasteiger partial charge in [0.2, 0.25) is 0 Å². The Labute approximate surface area is 118 Å². The molecule has 0 aliphatic rings. The standard InChI is InChI=1S/C15H18N2O3/c1-16-11-4-6-12(7-5-11)20-10-13-15(19-3)14(18-2)8-9-17-13/h4-9,16H,10H2,1-3H3. The Hall–Kier alpha value is -2.43. The Kier molecular flexibility index (Phi) is 4.65. The quantitative estimate of drug-likeness (QED) is 0.877. The molecule has 5 heteroatoms. The highest BCUT2D eigenvalue weighted by molar-refractivity contribution is 5.46. The number of benzene rings is 1. The zero-order valence-electron chi connectivity index (χ0n) is 11.8. The number of anilines is 1. The molecule has 2 aromatic rings. The van der Waals surface area contributed by atoms with E-state index in [4.69, 9.17) is 14.2 Å². The molecule has 1 aromatic carbocycles. The van der Waals surface area contributed by atoms with Crippen molar-refractivity contribution in [3.8, 4) is 17.2 Å². The van der Waals surface area contributed by atoms with Crippen LogP contribution in [0, 0.1) is 0 Å². The molecule has 5 nitrogen and oxygen atoms in total. The van der Waals surface area contributed by atoms with E-state index in [0.717, 1.165) is 11.4 Å². The number of nitrogens with zero attached hydrogens (tertiary/aromatic N) is 1. The smallest absolute Gasteiger partial charge is 0.185 e. The Bertz CT molecular complexity index is 556. The van der Waals surface area contributed by atoms with Crippen LogP contribution in [-0.4, -0.2) is 26.3 Å². The van der Waals surface area contributed by atoms with Crippen molar-refractivity contribution in [1.82, 2.24) is 4.98 Å². The van der Waals surface area contributed by atoms with Crippen molar-refractivity contribution in [1.29, 1.82) is 0 Å². The van der Waals surface area contributed by atoms with Crippen LogP contribution in [0.1, 0.15) is 5.69 Å². The van der Waals surface area contributed by atoms with E-state index in [1.165, 1.54) is 0 Å². The molecular formula is C15H18N2O3. The molecule has 1 N–H and O–H groups in total. The Morgan fingerprint density at radius 1 is 1.05 bits per heavy atom. The van der Waals surface area contributed by atoms with Crippen LogP contribution in [-0.2, 0) is 6.61 Å². The zero-order valence-corrected chi connectivity index (χ0v) is 11.8. The maximum absolute atomic E-state index is 5.71. The Morgan fingerprint density at radius 2 is 1.80 bits per heavy atom. The van der Waals surface area contributed by atoms with Crippen molar-refractivity contribution < 1.29 is 14.2 Å². The molecule has 1 heterocycles. The SMILES string of the molecule is CNc1ccc(OCc2nccc(OC)c2OC)cc1. The van der Waals surface area contributed by atoms with Crippen molar-refractivity contribution in [2.45, 2.75) is 6.61 Å². The molecule has 1 aromatic heterocycles. The summed E-state index contributed by atoms with van der Waals surface area (Å²) in [6.45, 7) is 0.319. The number of nitrogens with one attached hydrogen (secondary N) is 1. The van der Waals surface area contributed by atoms with Gasteiger partial charge in [-0.05, 0) is 24.3 Å². The Balaban J connectivity index is 2.10.